The van der Waals surface area contributed by atoms with Crippen LogP contribution in [0.3, 0.4) is 0 Å². The number of hydrogen-bond donors (Lipinski definition) is 2. The minimum atomic E-state index is -0.124. The molecule has 160 valence electrons. The molecule has 1 aromatic carbocycles. The van der Waals surface area contributed by atoms with Crippen molar-refractivity contribution in [3.8, 4) is 5.75 Å². The van der Waals surface area contributed by atoms with E-state index in [-0.39, 0.29) is 5.91 Å². The van der Waals surface area contributed by atoms with E-state index in [0.29, 0.717) is 18.0 Å². The zero-order valence-corrected chi connectivity index (χ0v) is 19.2. The quantitative estimate of drug-likeness (QED) is 0.534. The van der Waals surface area contributed by atoms with Gasteiger partial charge in [-0.25, -0.2) is 9.97 Å². The molecule has 3 rings (SSSR count). The van der Waals surface area contributed by atoms with Gasteiger partial charge in [0.25, 0.3) is 0 Å². The molecule has 0 aliphatic heterocycles. The summed E-state index contributed by atoms with van der Waals surface area (Å²) in [7, 11) is 1.62. The molecule has 1 amide bonds. The minimum Gasteiger partial charge on any atom is -0.495 e. The Hall–Kier alpha value is -2.71. The zero-order valence-electron chi connectivity index (χ0n) is 18.4. The monoisotopic (exact) mass is 427 g/mol. The summed E-state index contributed by atoms with van der Waals surface area (Å²) in [4.78, 5) is 25.7. The molecule has 2 heterocycles. The summed E-state index contributed by atoms with van der Waals surface area (Å²) in [6, 6.07) is 5.49. The standard InChI is InChI=1S/C22H29N5O2S/c1-7-27(8-2)12-19-25-21(20-13(3)14(4)30-22(20)26-19)24-17-11-16(23-15(5)28)9-10-18(17)29-6/h9-11H,7-8,12H2,1-6H3,(H,23,28)(H,24,25,26). The topological polar surface area (TPSA) is 79.4 Å². The maximum atomic E-state index is 11.5. The van der Waals surface area contributed by atoms with Crippen molar-refractivity contribution in [2.75, 3.05) is 30.8 Å². The summed E-state index contributed by atoms with van der Waals surface area (Å²) < 4.78 is 5.53. The van der Waals surface area contributed by atoms with Crippen LogP contribution in [0.4, 0.5) is 17.2 Å². The summed E-state index contributed by atoms with van der Waals surface area (Å²) in [5, 5.41) is 7.28. The first-order valence-electron chi connectivity index (χ1n) is 10.1. The van der Waals surface area contributed by atoms with Crippen molar-refractivity contribution in [1.82, 2.24) is 14.9 Å². The summed E-state index contributed by atoms with van der Waals surface area (Å²) in [6.07, 6.45) is 0. The molecule has 3 aromatic rings. The predicted molar refractivity (Wildman–Crippen MR) is 124 cm³/mol. The number of carbonyl (C=O) groups excluding carboxylic acids is 1. The summed E-state index contributed by atoms with van der Waals surface area (Å²) in [5.41, 5.74) is 2.60. The van der Waals surface area contributed by atoms with E-state index < -0.39 is 0 Å². The molecule has 2 aromatic heterocycles. The molecular weight excluding hydrogens is 398 g/mol. The van der Waals surface area contributed by atoms with Crippen LogP contribution in [0.1, 0.15) is 37.0 Å². The van der Waals surface area contributed by atoms with Crippen molar-refractivity contribution >= 4 is 44.7 Å². The Kier molecular flexibility index (Phi) is 6.89. The fraction of sp³-hybridized carbons (Fsp3) is 0.409. The average Bonchev–Trinajstić information content (AvgIpc) is 2.99. The number of amides is 1. The Labute approximate surface area is 181 Å². The van der Waals surface area contributed by atoms with E-state index in [0.717, 1.165) is 40.6 Å². The van der Waals surface area contributed by atoms with Gasteiger partial charge in [-0.05, 0) is 50.7 Å². The van der Waals surface area contributed by atoms with Crippen LogP contribution in [0.2, 0.25) is 0 Å². The third-order valence-corrected chi connectivity index (χ3v) is 6.21. The lowest BCUT2D eigenvalue weighted by atomic mass is 10.2. The third kappa shape index (κ3) is 4.71. The lowest BCUT2D eigenvalue weighted by molar-refractivity contribution is -0.114. The fourth-order valence-electron chi connectivity index (χ4n) is 3.32. The minimum absolute atomic E-state index is 0.124. The average molecular weight is 428 g/mol. The molecule has 0 unspecified atom stereocenters. The molecule has 0 saturated heterocycles. The van der Waals surface area contributed by atoms with Gasteiger partial charge >= 0.3 is 0 Å². The van der Waals surface area contributed by atoms with E-state index in [9.17, 15) is 4.79 Å². The number of ether oxygens (including phenoxy) is 1. The van der Waals surface area contributed by atoms with Gasteiger partial charge < -0.3 is 15.4 Å². The molecule has 0 bridgehead atoms. The molecule has 0 saturated carbocycles. The number of carbonyl (C=O) groups is 1. The number of thiophene rings is 1. The summed E-state index contributed by atoms with van der Waals surface area (Å²) in [6.45, 7) is 12.5. The second-order valence-electron chi connectivity index (χ2n) is 7.13. The molecule has 30 heavy (non-hydrogen) atoms. The summed E-state index contributed by atoms with van der Waals surface area (Å²) >= 11 is 1.68. The first-order chi connectivity index (χ1) is 14.4. The van der Waals surface area contributed by atoms with Gasteiger partial charge in [0.1, 0.15) is 22.2 Å². The molecule has 0 aliphatic carbocycles. The Morgan fingerprint density at radius 2 is 1.93 bits per heavy atom. The van der Waals surface area contributed by atoms with Gasteiger partial charge in [-0.2, -0.15) is 0 Å². The lowest BCUT2D eigenvalue weighted by Gasteiger charge is -2.18. The number of hydrogen-bond acceptors (Lipinski definition) is 7. The zero-order chi connectivity index (χ0) is 21.8. The number of rotatable bonds is 8. The van der Waals surface area contributed by atoms with Gasteiger partial charge in [-0.15, -0.1) is 11.3 Å². The highest BCUT2D eigenvalue weighted by Gasteiger charge is 2.17. The van der Waals surface area contributed by atoms with Gasteiger partial charge in [-0.1, -0.05) is 13.8 Å². The van der Waals surface area contributed by atoms with Crippen LogP contribution in [0.25, 0.3) is 10.2 Å². The van der Waals surface area contributed by atoms with Crippen molar-refractivity contribution < 1.29 is 9.53 Å². The van der Waals surface area contributed by atoms with Crippen LogP contribution >= 0.6 is 11.3 Å². The number of aromatic nitrogens is 2. The molecule has 0 spiro atoms. The predicted octanol–water partition coefficient (Wildman–Crippen LogP) is 4.86. The second-order valence-corrected chi connectivity index (χ2v) is 8.34. The highest BCUT2D eigenvalue weighted by Crippen LogP contribution is 2.37. The maximum Gasteiger partial charge on any atom is 0.221 e. The molecule has 0 aliphatic rings. The maximum absolute atomic E-state index is 11.5. The van der Waals surface area contributed by atoms with Crippen molar-refractivity contribution in [3.63, 3.8) is 0 Å². The molecule has 2 N–H and O–H groups in total. The normalized spacial score (nSPS) is 11.2. The van der Waals surface area contributed by atoms with Crippen LogP contribution in [0, 0.1) is 13.8 Å². The number of nitrogens with one attached hydrogen (secondary N) is 2. The highest BCUT2D eigenvalue weighted by atomic mass is 32.1. The molecule has 7 nitrogen and oxygen atoms in total. The summed E-state index contributed by atoms with van der Waals surface area (Å²) in [5.74, 6) is 2.08. The lowest BCUT2D eigenvalue weighted by Crippen LogP contribution is -2.23. The molecule has 0 radical (unpaired) electrons. The molecule has 0 fully saturated rings. The number of aryl methyl sites for hydroxylation is 2. The van der Waals surface area contributed by atoms with Crippen molar-refractivity contribution in [2.45, 2.75) is 41.2 Å². The van der Waals surface area contributed by atoms with E-state index in [4.69, 9.17) is 14.7 Å². The Morgan fingerprint density at radius 1 is 1.20 bits per heavy atom. The number of fused-ring (bicyclic) bond motifs is 1. The number of anilines is 3. The highest BCUT2D eigenvalue weighted by molar-refractivity contribution is 7.18. The number of methoxy groups -OCH3 is 1. The van der Waals surface area contributed by atoms with E-state index in [1.165, 1.54) is 17.4 Å². The number of nitrogens with zero attached hydrogens (tertiary/aromatic N) is 3. The molecule has 8 heteroatoms. The SMILES string of the molecule is CCN(CC)Cc1nc(Nc2cc(NC(C)=O)ccc2OC)c2c(C)c(C)sc2n1. The fourth-order valence-corrected chi connectivity index (χ4v) is 4.36. The van der Waals surface area contributed by atoms with E-state index in [2.05, 4.69) is 43.2 Å². The third-order valence-electron chi connectivity index (χ3n) is 5.11. The first kappa shape index (κ1) is 22.0. The molecular formula is C22H29N5O2S. The van der Waals surface area contributed by atoms with Crippen LogP contribution in [0.15, 0.2) is 18.2 Å². The van der Waals surface area contributed by atoms with E-state index >= 15 is 0 Å². The van der Waals surface area contributed by atoms with Gasteiger partial charge in [0, 0.05) is 17.5 Å². The largest absolute Gasteiger partial charge is 0.495 e. The molecule has 0 atom stereocenters. The Bertz CT molecular complexity index is 1060. The van der Waals surface area contributed by atoms with Crippen molar-refractivity contribution in [1.29, 1.82) is 0 Å². The van der Waals surface area contributed by atoms with Gasteiger partial charge in [0.15, 0.2) is 0 Å². The number of benzene rings is 1. The Morgan fingerprint density at radius 3 is 2.57 bits per heavy atom. The van der Waals surface area contributed by atoms with Crippen LogP contribution < -0.4 is 15.4 Å². The van der Waals surface area contributed by atoms with E-state index in [1.54, 1.807) is 18.4 Å². The van der Waals surface area contributed by atoms with Crippen molar-refractivity contribution in [3.05, 3.63) is 34.5 Å². The smallest absolute Gasteiger partial charge is 0.221 e. The van der Waals surface area contributed by atoms with Gasteiger partial charge in [0.2, 0.25) is 5.91 Å². The van der Waals surface area contributed by atoms with Crippen LogP contribution in [-0.2, 0) is 11.3 Å². The van der Waals surface area contributed by atoms with Gasteiger partial charge in [0.05, 0.1) is 24.7 Å². The van der Waals surface area contributed by atoms with Crippen LogP contribution in [-0.4, -0.2) is 41.0 Å². The Balaban J connectivity index is 2.09. The second kappa shape index (κ2) is 9.40. The van der Waals surface area contributed by atoms with Crippen LogP contribution in [0.5, 0.6) is 5.75 Å². The first-order valence-corrected chi connectivity index (χ1v) is 10.9. The van der Waals surface area contributed by atoms with Gasteiger partial charge in [-0.3, -0.25) is 9.69 Å². The van der Waals surface area contributed by atoms with Crippen molar-refractivity contribution in [2.24, 2.45) is 0 Å². The van der Waals surface area contributed by atoms with E-state index in [1.807, 2.05) is 18.2 Å².